The first-order valence-electron chi connectivity index (χ1n) is 4.45. The van der Waals surface area contributed by atoms with Crippen LogP contribution in [0.1, 0.15) is 19.3 Å². The molecule has 72 valence electrons. The standard InChI is InChI=1S/C9H14N2O2/c1-13-8-3-6-11(7-4-8)9(12)2-5-10/h8H,2-4,6-7H2,1H3. The fourth-order valence-electron chi connectivity index (χ4n) is 1.52. The largest absolute Gasteiger partial charge is 0.381 e. The van der Waals surface area contributed by atoms with Crippen molar-refractivity contribution in [3.8, 4) is 6.07 Å². The Morgan fingerprint density at radius 1 is 1.62 bits per heavy atom. The molecule has 0 radical (unpaired) electrons. The van der Waals surface area contributed by atoms with Crippen molar-refractivity contribution >= 4 is 5.91 Å². The number of hydrogen-bond acceptors (Lipinski definition) is 3. The van der Waals surface area contributed by atoms with Crippen molar-refractivity contribution in [3.05, 3.63) is 0 Å². The van der Waals surface area contributed by atoms with Gasteiger partial charge in [0.2, 0.25) is 5.91 Å². The van der Waals surface area contributed by atoms with Gasteiger partial charge in [-0.05, 0) is 12.8 Å². The van der Waals surface area contributed by atoms with Gasteiger partial charge < -0.3 is 9.64 Å². The van der Waals surface area contributed by atoms with Gasteiger partial charge in [-0.2, -0.15) is 5.26 Å². The van der Waals surface area contributed by atoms with Crippen LogP contribution in [0.4, 0.5) is 0 Å². The molecule has 13 heavy (non-hydrogen) atoms. The molecular weight excluding hydrogens is 168 g/mol. The fraction of sp³-hybridized carbons (Fsp3) is 0.778. The third kappa shape index (κ3) is 2.71. The lowest BCUT2D eigenvalue weighted by molar-refractivity contribution is -0.132. The molecule has 1 fully saturated rings. The molecule has 1 heterocycles. The topological polar surface area (TPSA) is 53.3 Å². The molecule has 0 bridgehead atoms. The number of amides is 1. The molecule has 0 N–H and O–H groups in total. The zero-order chi connectivity index (χ0) is 9.68. The maximum Gasteiger partial charge on any atom is 0.236 e. The Balaban J connectivity index is 2.33. The Morgan fingerprint density at radius 3 is 2.69 bits per heavy atom. The Labute approximate surface area is 78.1 Å². The van der Waals surface area contributed by atoms with Crippen LogP contribution in [-0.4, -0.2) is 37.1 Å². The second-order valence-electron chi connectivity index (χ2n) is 3.15. The first kappa shape index (κ1) is 10.0. The molecule has 0 atom stereocenters. The van der Waals surface area contributed by atoms with E-state index >= 15 is 0 Å². The number of nitrogens with zero attached hydrogens (tertiary/aromatic N) is 2. The quantitative estimate of drug-likeness (QED) is 0.626. The zero-order valence-electron chi connectivity index (χ0n) is 7.82. The average Bonchev–Trinajstić information content (AvgIpc) is 2.18. The summed E-state index contributed by atoms with van der Waals surface area (Å²) >= 11 is 0. The smallest absolute Gasteiger partial charge is 0.236 e. The minimum atomic E-state index is -0.0583. The molecule has 4 nitrogen and oxygen atoms in total. The van der Waals surface area contributed by atoms with E-state index in [0.717, 1.165) is 25.9 Å². The molecule has 0 aliphatic carbocycles. The number of carbonyl (C=O) groups is 1. The highest BCUT2D eigenvalue weighted by atomic mass is 16.5. The van der Waals surface area contributed by atoms with Gasteiger partial charge in [-0.1, -0.05) is 0 Å². The maximum atomic E-state index is 11.3. The molecular formula is C9H14N2O2. The van der Waals surface area contributed by atoms with Crippen molar-refractivity contribution in [1.82, 2.24) is 4.90 Å². The van der Waals surface area contributed by atoms with Gasteiger partial charge in [-0.15, -0.1) is 0 Å². The van der Waals surface area contributed by atoms with E-state index in [4.69, 9.17) is 10.00 Å². The number of carbonyl (C=O) groups excluding carboxylic acids is 1. The number of likely N-dealkylation sites (tertiary alicyclic amines) is 1. The summed E-state index contributed by atoms with van der Waals surface area (Å²) in [5, 5.41) is 8.34. The molecule has 1 aliphatic rings. The molecule has 0 unspecified atom stereocenters. The predicted octanol–water partition coefficient (Wildman–Crippen LogP) is 0.537. The van der Waals surface area contributed by atoms with Crippen LogP contribution in [0.5, 0.6) is 0 Å². The van der Waals surface area contributed by atoms with E-state index in [0.29, 0.717) is 0 Å². The number of piperidine rings is 1. The Kier molecular flexibility index (Phi) is 3.71. The van der Waals surface area contributed by atoms with Crippen LogP contribution in [0, 0.1) is 11.3 Å². The number of rotatable bonds is 2. The second kappa shape index (κ2) is 4.83. The molecule has 1 amide bonds. The number of methoxy groups -OCH3 is 1. The van der Waals surface area contributed by atoms with Crippen molar-refractivity contribution in [1.29, 1.82) is 5.26 Å². The Hall–Kier alpha value is -1.08. The maximum absolute atomic E-state index is 11.3. The van der Waals surface area contributed by atoms with Crippen LogP contribution in [0.3, 0.4) is 0 Å². The molecule has 1 aliphatic heterocycles. The molecule has 0 aromatic heterocycles. The first-order valence-corrected chi connectivity index (χ1v) is 4.45. The van der Waals surface area contributed by atoms with Crippen LogP contribution in [-0.2, 0) is 9.53 Å². The summed E-state index contributed by atoms with van der Waals surface area (Å²) in [6.45, 7) is 1.44. The summed E-state index contributed by atoms with van der Waals surface area (Å²) in [6.07, 6.45) is 2.05. The number of nitriles is 1. The Morgan fingerprint density at radius 2 is 2.23 bits per heavy atom. The van der Waals surface area contributed by atoms with E-state index in [1.807, 2.05) is 6.07 Å². The molecule has 0 saturated carbocycles. The number of hydrogen-bond donors (Lipinski definition) is 0. The molecule has 1 saturated heterocycles. The van der Waals surface area contributed by atoms with E-state index < -0.39 is 0 Å². The van der Waals surface area contributed by atoms with Gasteiger partial charge in [0.05, 0.1) is 12.2 Å². The summed E-state index contributed by atoms with van der Waals surface area (Å²) in [5.74, 6) is -0.0583. The predicted molar refractivity (Wildman–Crippen MR) is 46.8 cm³/mol. The summed E-state index contributed by atoms with van der Waals surface area (Å²) in [5.41, 5.74) is 0. The third-order valence-corrected chi connectivity index (χ3v) is 2.36. The van der Waals surface area contributed by atoms with Gasteiger partial charge in [0.1, 0.15) is 6.42 Å². The van der Waals surface area contributed by atoms with E-state index in [2.05, 4.69) is 0 Å². The van der Waals surface area contributed by atoms with E-state index in [1.54, 1.807) is 12.0 Å². The van der Waals surface area contributed by atoms with Crippen molar-refractivity contribution in [2.75, 3.05) is 20.2 Å². The van der Waals surface area contributed by atoms with Crippen molar-refractivity contribution in [2.45, 2.75) is 25.4 Å². The summed E-state index contributed by atoms with van der Waals surface area (Å²) in [4.78, 5) is 13.0. The van der Waals surface area contributed by atoms with Gasteiger partial charge in [0.15, 0.2) is 0 Å². The lowest BCUT2D eigenvalue weighted by atomic mass is 10.1. The normalized spacial score (nSPS) is 18.3. The zero-order valence-corrected chi connectivity index (χ0v) is 7.82. The highest BCUT2D eigenvalue weighted by Gasteiger charge is 2.21. The lowest BCUT2D eigenvalue weighted by Gasteiger charge is -2.30. The first-order chi connectivity index (χ1) is 6.27. The molecule has 1 rings (SSSR count). The van der Waals surface area contributed by atoms with Crippen molar-refractivity contribution < 1.29 is 9.53 Å². The van der Waals surface area contributed by atoms with Crippen LogP contribution < -0.4 is 0 Å². The van der Waals surface area contributed by atoms with E-state index in [-0.39, 0.29) is 18.4 Å². The van der Waals surface area contributed by atoms with Gasteiger partial charge >= 0.3 is 0 Å². The highest BCUT2D eigenvalue weighted by molar-refractivity contribution is 5.78. The summed E-state index contributed by atoms with van der Waals surface area (Å²) < 4.78 is 5.18. The van der Waals surface area contributed by atoms with Gasteiger partial charge in [0, 0.05) is 20.2 Å². The van der Waals surface area contributed by atoms with Crippen LogP contribution in [0.15, 0.2) is 0 Å². The van der Waals surface area contributed by atoms with Gasteiger partial charge in [-0.3, -0.25) is 4.79 Å². The lowest BCUT2D eigenvalue weighted by Crippen LogP contribution is -2.40. The SMILES string of the molecule is COC1CCN(C(=O)CC#N)CC1. The summed E-state index contributed by atoms with van der Waals surface area (Å²) in [7, 11) is 1.69. The van der Waals surface area contributed by atoms with Crippen molar-refractivity contribution in [2.24, 2.45) is 0 Å². The minimum absolute atomic E-state index is 0.00233. The Bertz CT molecular complexity index is 214. The molecule has 4 heteroatoms. The third-order valence-electron chi connectivity index (χ3n) is 2.36. The average molecular weight is 182 g/mol. The second-order valence-corrected chi connectivity index (χ2v) is 3.15. The molecule has 0 spiro atoms. The van der Waals surface area contributed by atoms with Crippen molar-refractivity contribution in [3.63, 3.8) is 0 Å². The summed E-state index contributed by atoms with van der Waals surface area (Å²) in [6, 6.07) is 1.87. The van der Waals surface area contributed by atoms with Crippen LogP contribution >= 0.6 is 0 Å². The van der Waals surface area contributed by atoms with E-state index in [1.165, 1.54) is 0 Å². The van der Waals surface area contributed by atoms with Gasteiger partial charge in [-0.25, -0.2) is 0 Å². The molecule has 0 aromatic carbocycles. The molecule has 0 aromatic rings. The monoisotopic (exact) mass is 182 g/mol. The van der Waals surface area contributed by atoms with E-state index in [9.17, 15) is 4.79 Å². The van der Waals surface area contributed by atoms with Gasteiger partial charge in [0.25, 0.3) is 0 Å². The highest BCUT2D eigenvalue weighted by Crippen LogP contribution is 2.13. The van der Waals surface area contributed by atoms with Crippen LogP contribution in [0.2, 0.25) is 0 Å². The fourth-order valence-corrected chi connectivity index (χ4v) is 1.52. The number of ether oxygens (including phenoxy) is 1. The van der Waals surface area contributed by atoms with Crippen LogP contribution in [0.25, 0.3) is 0 Å². The minimum Gasteiger partial charge on any atom is -0.381 e.